The lowest BCUT2D eigenvalue weighted by molar-refractivity contribution is 0.0563. The maximum Gasteiger partial charge on any atom is 0.253 e. The van der Waals surface area contributed by atoms with E-state index in [1.54, 1.807) is 37.1 Å². The van der Waals surface area contributed by atoms with Crippen LogP contribution in [0.4, 0.5) is 0 Å². The second-order valence-electron chi connectivity index (χ2n) is 9.93. The molecule has 1 aliphatic heterocycles. The van der Waals surface area contributed by atoms with Crippen LogP contribution in [0.3, 0.4) is 0 Å². The van der Waals surface area contributed by atoms with Gasteiger partial charge in [0.1, 0.15) is 16.7 Å². The van der Waals surface area contributed by atoms with Gasteiger partial charge in [0, 0.05) is 31.1 Å². The molecule has 3 atom stereocenters. The second kappa shape index (κ2) is 11.2. The number of sulfonamides is 1. The zero-order valence-electron chi connectivity index (χ0n) is 21.3. The van der Waals surface area contributed by atoms with Gasteiger partial charge in [-0.15, -0.1) is 0 Å². The maximum atomic E-state index is 13.7. The van der Waals surface area contributed by atoms with Crippen LogP contribution in [0, 0.1) is 5.92 Å². The van der Waals surface area contributed by atoms with E-state index in [4.69, 9.17) is 4.74 Å². The van der Waals surface area contributed by atoms with Gasteiger partial charge in [-0.1, -0.05) is 37.3 Å². The quantitative estimate of drug-likeness (QED) is 0.627. The summed E-state index contributed by atoms with van der Waals surface area (Å²) in [4.78, 5) is 14.7. The number of aliphatic hydroxyl groups is 1. The summed E-state index contributed by atoms with van der Waals surface area (Å²) in [7, 11) is -2.16. The van der Waals surface area contributed by atoms with Crippen molar-refractivity contribution in [2.45, 2.75) is 56.6 Å². The predicted molar refractivity (Wildman–Crippen MR) is 140 cm³/mol. The molecule has 1 heterocycles. The van der Waals surface area contributed by atoms with Gasteiger partial charge in [-0.3, -0.25) is 4.79 Å². The first kappa shape index (κ1) is 26.4. The SMILES string of the molecule is C[C@@H]1CN([C@@H](C)CO)S(=O)(=O)c2ccc(C3=CCCCC3)cc2O[C@H]1CN(C)C(=O)c1ccccc1. The number of benzene rings is 2. The number of nitrogens with zero attached hydrogens (tertiary/aromatic N) is 2. The van der Waals surface area contributed by atoms with Gasteiger partial charge in [-0.25, -0.2) is 8.42 Å². The van der Waals surface area contributed by atoms with Crippen molar-refractivity contribution in [2.24, 2.45) is 5.92 Å². The van der Waals surface area contributed by atoms with Crippen LogP contribution in [0.1, 0.15) is 55.5 Å². The molecule has 0 saturated heterocycles. The molecule has 1 N–H and O–H groups in total. The van der Waals surface area contributed by atoms with Crippen molar-refractivity contribution in [3.05, 3.63) is 65.7 Å². The van der Waals surface area contributed by atoms with E-state index in [1.165, 1.54) is 9.88 Å². The van der Waals surface area contributed by atoms with E-state index in [1.807, 2.05) is 37.3 Å². The van der Waals surface area contributed by atoms with Gasteiger partial charge in [-0.05, 0) is 68.0 Å². The molecular formula is C28H36N2O5S. The summed E-state index contributed by atoms with van der Waals surface area (Å²) in [5.41, 5.74) is 2.75. The van der Waals surface area contributed by atoms with Gasteiger partial charge < -0.3 is 14.7 Å². The van der Waals surface area contributed by atoms with Gasteiger partial charge in [-0.2, -0.15) is 4.31 Å². The fraction of sp³-hybridized carbons (Fsp3) is 0.464. The number of hydrogen-bond donors (Lipinski definition) is 1. The Kier molecular flexibility index (Phi) is 8.17. The number of ether oxygens (including phenoxy) is 1. The molecule has 0 unspecified atom stereocenters. The predicted octanol–water partition coefficient (Wildman–Crippen LogP) is 4.18. The number of likely N-dealkylation sites (N-methyl/N-ethyl adjacent to an activating group) is 1. The Labute approximate surface area is 214 Å². The van der Waals surface area contributed by atoms with Crippen LogP contribution in [-0.4, -0.2) is 67.5 Å². The lowest BCUT2D eigenvalue weighted by Gasteiger charge is -2.37. The number of carbonyl (C=O) groups is 1. The highest BCUT2D eigenvalue weighted by molar-refractivity contribution is 7.89. The molecule has 0 aromatic heterocycles. The van der Waals surface area contributed by atoms with E-state index in [-0.39, 0.29) is 29.9 Å². The van der Waals surface area contributed by atoms with Gasteiger partial charge in [0.05, 0.1) is 13.2 Å². The van der Waals surface area contributed by atoms with E-state index in [2.05, 4.69) is 6.08 Å². The highest BCUT2D eigenvalue weighted by Gasteiger charge is 2.38. The Balaban J connectivity index is 1.72. The molecule has 0 bridgehead atoms. The molecule has 2 aliphatic rings. The van der Waals surface area contributed by atoms with Crippen LogP contribution in [0.25, 0.3) is 5.57 Å². The van der Waals surface area contributed by atoms with Gasteiger partial charge in [0.25, 0.3) is 5.91 Å². The Bertz CT molecular complexity index is 1210. The molecule has 2 aromatic carbocycles. The minimum atomic E-state index is -3.90. The van der Waals surface area contributed by atoms with Crippen molar-refractivity contribution < 1.29 is 23.1 Å². The van der Waals surface area contributed by atoms with E-state index in [9.17, 15) is 18.3 Å². The smallest absolute Gasteiger partial charge is 0.253 e. The van der Waals surface area contributed by atoms with Crippen LogP contribution in [-0.2, 0) is 10.0 Å². The Morgan fingerprint density at radius 1 is 1.19 bits per heavy atom. The van der Waals surface area contributed by atoms with Crippen molar-refractivity contribution in [2.75, 3.05) is 26.7 Å². The maximum absolute atomic E-state index is 13.7. The zero-order chi connectivity index (χ0) is 25.9. The first-order chi connectivity index (χ1) is 17.2. The number of allylic oxidation sites excluding steroid dienone is 2. The number of hydrogen-bond acceptors (Lipinski definition) is 5. The molecule has 4 rings (SSSR count). The molecule has 1 amide bonds. The minimum Gasteiger partial charge on any atom is -0.487 e. The number of aliphatic hydroxyl groups excluding tert-OH is 1. The van der Waals surface area contributed by atoms with Gasteiger partial charge >= 0.3 is 0 Å². The standard InChI is InChI=1S/C28H36N2O5S/c1-20-17-30(21(2)19-31)36(33,34)27-15-14-24(22-10-6-4-7-11-22)16-25(27)35-26(20)18-29(3)28(32)23-12-8-5-9-13-23/h5,8-10,12-16,20-21,26,31H,4,6-7,11,17-19H2,1-3H3/t20-,21+,26+/m1/s1. The molecule has 36 heavy (non-hydrogen) atoms. The number of fused-ring (bicyclic) bond motifs is 1. The molecule has 8 heteroatoms. The van der Waals surface area contributed by atoms with E-state index in [0.717, 1.165) is 31.2 Å². The van der Waals surface area contributed by atoms with Crippen LogP contribution < -0.4 is 4.74 Å². The highest BCUT2D eigenvalue weighted by atomic mass is 32.2. The first-order valence-corrected chi connectivity index (χ1v) is 14.1. The fourth-order valence-electron chi connectivity index (χ4n) is 4.90. The normalized spacial score (nSPS) is 22.8. The third-order valence-corrected chi connectivity index (χ3v) is 9.17. The lowest BCUT2D eigenvalue weighted by atomic mass is 9.93. The molecular weight excluding hydrogens is 476 g/mol. The van der Waals surface area contributed by atoms with Crippen molar-refractivity contribution in [3.8, 4) is 5.75 Å². The minimum absolute atomic E-state index is 0.0944. The van der Waals surface area contributed by atoms with Crippen LogP contribution in [0.2, 0.25) is 0 Å². The number of rotatable bonds is 6. The third-order valence-electron chi connectivity index (χ3n) is 7.15. The van der Waals surface area contributed by atoms with E-state index >= 15 is 0 Å². The second-order valence-corrected chi connectivity index (χ2v) is 11.8. The topological polar surface area (TPSA) is 87.2 Å². The van der Waals surface area contributed by atoms with Gasteiger partial charge in [0.2, 0.25) is 10.0 Å². The van der Waals surface area contributed by atoms with Crippen molar-refractivity contribution in [1.29, 1.82) is 0 Å². The van der Waals surface area contributed by atoms with Crippen molar-refractivity contribution >= 4 is 21.5 Å². The summed E-state index contributed by atoms with van der Waals surface area (Å²) in [6.45, 7) is 3.81. The first-order valence-electron chi connectivity index (χ1n) is 12.7. The Morgan fingerprint density at radius 2 is 1.94 bits per heavy atom. The van der Waals surface area contributed by atoms with Crippen molar-refractivity contribution in [3.63, 3.8) is 0 Å². The average Bonchev–Trinajstić information content (AvgIpc) is 2.90. The van der Waals surface area contributed by atoms with E-state index < -0.39 is 22.2 Å². The fourth-order valence-corrected chi connectivity index (χ4v) is 6.72. The third kappa shape index (κ3) is 5.51. The summed E-state index contributed by atoms with van der Waals surface area (Å²) in [5, 5.41) is 9.84. The summed E-state index contributed by atoms with van der Waals surface area (Å²) < 4.78 is 35.2. The summed E-state index contributed by atoms with van der Waals surface area (Å²) in [6.07, 6.45) is 6.01. The molecule has 7 nitrogen and oxygen atoms in total. The summed E-state index contributed by atoms with van der Waals surface area (Å²) in [5.74, 6) is -0.0558. The largest absolute Gasteiger partial charge is 0.487 e. The Hall–Kier alpha value is -2.68. The van der Waals surface area contributed by atoms with Crippen LogP contribution in [0.5, 0.6) is 5.75 Å². The molecule has 194 valence electrons. The zero-order valence-corrected chi connectivity index (χ0v) is 22.1. The van der Waals surface area contributed by atoms with E-state index in [0.29, 0.717) is 17.9 Å². The summed E-state index contributed by atoms with van der Waals surface area (Å²) in [6, 6.07) is 13.8. The average molecular weight is 513 g/mol. The summed E-state index contributed by atoms with van der Waals surface area (Å²) >= 11 is 0. The molecule has 0 saturated carbocycles. The lowest BCUT2D eigenvalue weighted by Crippen LogP contribution is -2.50. The molecule has 2 aromatic rings. The molecule has 1 aliphatic carbocycles. The Morgan fingerprint density at radius 3 is 2.61 bits per heavy atom. The monoisotopic (exact) mass is 512 g/mol. The number of amides is 1. The van der Waals surface area contributed by atoms with Crippen LogP contribution in [0.15, 0.2) is 59.5 Å². The van der Waals surface area contributed by atoms with Gasteiger partial charge in [0.15, 0.2) is 0 Å². The highest BCUT2D eigenvalue weighted by Crippen LogP contribution is 2.37. The van der Waals surface area contributed by atoms with Crippen LogP contribution >= 0.6 is 0 Å². The molecule has 0 radical (unpaired) electrons. The van der Waals surface area contributed by atoms with Crippen molar-refractivity contribution in [1.82, 2.24) is 9.21 Å². The number of carbonyl (C=O) groups excluding carboxylic acids is 1. The molecule has 0 spiro atoms. The molecule has 0 fully saturated rings.